The van der Waals surface area contributed by atoms with E-state index in [1.807, 2.05) is 67.3 Å². The number of hydrogen-bond donors (Lipinski definition) is 0. The Balaban J connectivity index is 1.70. The summed E-state index contributed by atoms with van der Waals surface area (Å²) >= 11 is 1.45. The van der Waals surface area contributed by atoms with Crippen molar-refractivity contribution in [3.8, 4) is 0 Å². The summed E-state index contributed by atoms with van der Waals surface area (Å²) in [6.07, 6.45) is 0.734. The Kier molecular flexibility index (Phi) is 6.87. The second-order valence-corrected chi connectivity index (χ2v) is 7.73. The van der Waals surface area contributed by atoms with Gasteiger partial charge in [0.25, 0.3) is 0 Å². The van der Waals surface area contributed by atoms with E-state index in [0.717, 1.165) is 29.6 Å². The molecule has 0 aliphatic heterocycles. The van der Waals surface area contributed by atoms with Crippen molar-refractivity contribution in [3.05, 3.63) is 72.1 Å². The van der Waals surface area contributed by atoms with E-state index >= 15 is 0 Å². The van der Waals surface area contributed by atoms with E-state index in [9.17, 15) is 4.79 Å². The first kappa shape index (κ1) is 20.1. The molecule has 0 N–H and O–H groups in total. The maximum absolute atomic E-state index is 12.9. The first-order valence-electron chi connectivity index (χ1n) is 9.56. The average Bonchev–Trinajstić information content (AvgIpc) is 3.09. The number of carbonyl (C=O) groups excluding carboxylic acids is 1. The molecule has 1 heterocycles. The number of benzene rings is 2. The van der Waals surface area contributed by atoms with Crippen LogP contribution in [0.4, 0.5) is 5.69 Å². The van der Waals surface area contributed by atoms with E-state index < -0.39 is 0 Å². The topological polar surface area (TPSA) is 51.0 Å². The SMILES string of the molecule is CCn1c(Cc2ccccc2)nnc1SCC(=O)N(c1ccccc1)C(C)C. The summed E-state index contributed by atoms with van der Waals surface area (Å²) < 4.78 is 2.09. The van der Waals surface area contributed by atoms with Gasteiger partial charge in [-0.05, 0) is 38.5 Å². The lowest BCUT2D eigenvalue weighted by Gasteiger charge is -2.26. The van der Waals surface area contributed by atoms with Crippen LogP contribution in [0.5, 0.6) is 0 Å². The first-order valence-corrected chi connectivity index (χ1v) is 10.5. The number of thioether (sulfide) groups is 1. The zero-order chi connectivity index (χ0) is 19.9. The molecule has 0 aliphatic carbocycles. The highest BCUT2D eigenvalue weighted by atomic mass is 32.2. The van der Waals surface area contributed by atoms with Gasteiger partial charge in [-0.2, -0.15) is 0 Å². The van der Waals surface area contributed by atoms with Gasteiger partial charge in [0, 0.05) is 24.7 Å². The lowest BCUT2D eigenvalue weighted by Crippen LogP contribution is -2.38. The zero-order valence-corrected chi connectivity index (χ0v) is 17.4. The third-order valence-electron chi connectivity index (χ3n) is 4.46. The van der Waals surface area contributed by atoms with Gasteiger partial charge in [0.15, 0.2) is 5.16 Å². The molecule has 3 aromatic rings. The molecule has 6 heteroatoms. The van der Waals surface area contributed by atoms with Crippen LogP contribution in [-0.2, 0) is 17.8 Å². The van der Waals surface area contributed by atoms with Gasteiger partial charge in [0.2, 0.25) is 5.91 Å². The Morgan fingerprint density at radius 1 is 1.04 bits per heavy atom. The molecule has 1 aromatic heterocycles. The van der Waals surface area contributed by atoms with Gasteiger partial charge >= 0.3 is 0 Å². The summed E-state index contributed by atoms with van der Waals surface area (Å²) in [5.74, 6) is 1.32. The number of aromatic nitrogens is 3. The molecule has 0 saturated heterocycles. The summed E-state index contributed by atoms with van der Waals surface area (Å²) in [6.45, 7) is 6.91. The van der Waals surface area contributed by atoms with Gasteiger partial charge in [0.05, 0.1) is 5.75 Å². The Hall–Kier alpha value is -2.60. The molecule has 0 fully saturated rings. The summed E-state index contributed by atoms with van der Waals surface area (Å²) in [7, 11) is 0. The highest BCUT2D eigenvalue weighted by Crippen LogP contribution is 2.22. The second kappa shape index (κ2) is 9.55. The van der Waals surface area contributed by atoms with Gasteiger partial charge < -0.3 is 9.47 Å². The van der Waals surface area contributed by atoms with Crippen LogP contribution in [0.1, 0.15) is 32.2 Å². The first-order chi connectivity index (χ1) is 13.6. The van der Waals surface area contributed by atoms with Crippen molar-refractivity contribution in [1.29, 1.82) is 0 Å². The van der Waals surface area contributed by atoms with E-state index in [1.165, 1.54) is 17.3 Å². The van der Waals surface area contributed by atoms with Crippen molar-refractivity contribution >= 4 is 23.4 Å². The minimum atomic E-state index is 0.0708. The zero-order valence-electron chi connectivity index (χ0n) is 16.6. The molecule has 1 amide bonds. The van der Waals surface area contributed by atoms with Crippen LogP contribution in [0, 0.1) is 0 Å². The van der Waals surface area contributed by atoms with Crippen LogP contribution in [0.15, 0.2) is 65.8 Å². The molecule has 0 unspecified atom stereocenters. The standard InChI is InChI=1S/C22H26N4OS/c1-4-25-20(15-18-11-7-5-8-12-18)23-24-22(25)28-16-21(27)26(17(2)3)19-13-9-6-10-14-19/h5-14,17H,4,15-16H2,1-3H3. The molecular formula is C22H26N4OS. The van der Waals surface area contributed by atoms with Crippen molar-refractivity contribution in [2.24, 2.45) is 0 Å². The van der Waals surface area contributed by atoms with E-state index in [2.05, 4.69) is 33.8 Å². The number of rotatable bonds is 8. The Morgan fingerprint density at radius 3 is 2.29 bits per heavy atom. The summed E-state index contributed by atoms with van der Waals surface area (Å²) in [5, 5.41) is 9.49. The quantitative estimate of drug-likeness (QED) is 0.531. The van der Waals surface area contributed by atoms with Gasteiger partial charge in [-0.1, -0.05) is 60.3 Å². The number of hydrogen-bond acceptors (Lipinski definition) is 4. The average molecular weight is 395 g/mol. The Bertz CT molecular complexity index is 893. The molecule has 0 bridgehead atoms. The van der Waals surface area contributed by atoms with Gasteiger partial charge in [0.1, 0.15) is 5.82 Å². The molecule has 0 atom stereocenters. The number of amides is 1. The summed E-state index contributed by atoms with van der Waals surface area (Å²) in [6, 6.07) is 20.1. The Labute approximate surface area is 170 Å². The van der Waals surface area contributed by atoms with Crippen LogP contribution in [0.3, 0.4) is 0 Å². The second-order valence-electron chi connectivity index (χ2n) is 6.79. The van der Waals surface area contributed by atoms with Crippen molar-refractivity contribution in [3.63, 3.8) is 0 Å². The third-order valence-corrected chi connectivity index (χ3v) is 5.41. The predicted octanol–water partition coefficient (Wildman–Crippen LogP) is 4.42. The molecule has 3 rings (SSSR count). The molecule has 0 spiro atoms. The van der Waals surface area contributed by atoms with Crippen LogP contribution in [0.2, 0.25) is 0 Å². The van der Waals surface area contributed by atoms with Gasteiger partial charge in [-0.25, -0.2) is 0 Å². The summed E-state index contributed by atoms with van der Waals surface area (Å²) in [5.41, 5.74) is 2.12. The van der Waals surface area contributed by atoms with E-state index in [0.29, 0.717) is 5.75 Å². The maximum atomic E-state index is 12.9. The Morgan fingerprint density at radius 2 is 1.68 bits per heavy atom. The lowest BCUT2D eigenvalue weighted by atomic mass is 10.1. The van der Waals surface area contributed by atoms with Crippen LogP contribution < -0.4 is 4.90 Å². The molecular weight excluding hydrogens is 368 g/mol. The van der Waals surface area contributed by atoms with Crippen molar-refractivity contribution in [2.75, 3.05) is 10.7 Å². The van der Waals surface area contributed by atoms with Crippen LogP contribution >= 0.6 is 11.8 Å². The van der Waals surface area contributed by atoms with Gasteiger partial charge in [-0.3, -0.25) is 4.79 Å². The largest absolute Gasteiger partial charge is 0.309 e. The van der Waals surface area contributed by atoms with Crippen molar-refractivity contribution in [1.82, 2.24) is 14.8 Å². The van der Waals surface area contributed by atoms with Crippen molar-refractivity contribution < 1.29 is 4.79 Å². The minimum Gasteiger partial charge on any atom is -0.309 e. The minimum absolute atomic E-state index is 0.0708. The van der Waals surface area contributed by atoms with Crippen molar-refractivity contribution in [2.45, 2.75) is 44.9 Å². The molecule has 28 heavy (non-hydrogen) atoms. The number of para-hydroxylation sites is 1. The lowest BCUT2D eigenvalue weighted by molar-refractivity contribution is -0.116. The fraction of sp³-hybridized carbons (Fsp3) is 0.318. The highest BCUT2D eigenvalue weighted by molar-refractivity contribution is 7.99. The van der Waals surface area contributed by atoms with E-state index in [-0.39, 0.29) is 11.9 Å². The monoisotopic (exact) mass is 394 g/mol. The van der Waals surface area contributed by atoms with Crippen LogP contribution in [-0.4, -0.2) is 32.5 Å². The van der Waals surface area contributed by atoms with Gasteiger partial charge in [-0.15, -0.1) is 10.2 Å². The molecule has 0 aliphatic rings. The smallest absolute Gasteiger partial charge is 0.237 e. The fourth-order valence-corrected chi connectivity index (χ4v) is 4.05. The highest BCUT2D eigenvalue weighted by Gasteiger charge is 2.20. The van der Waals surface area contributed by atoms with Crippen LogP contribution in [0.25, 0.3) is 0 Å². The summed E-state index contributed by atoms with van der Waals surface area (Å²) in [4.78, 5) is 14.7. The molecule has 5 nitrogen and oxygen atoms in total. The third kappa shape index (κ3) is 4.81. The molecule has 0 saturated carbocycles. The number of anilines is 1. The fourth-order valence-electron chi connectivity index (χ4n) is 3.17. The molecule has 146 valence electrons. The predicted molar refractivity (Wildman–Crippen MR) is 115 cm³/mol. The maximum Gasteiger partial charge on any atom is 0.237 e. The number of carbonyl (C=O) groups is 1. The van der Waals surface area contributed by atoms with E-state index in [4.69, 9.17) is 0 Å². The molecule has 2 aromatic carbocycles. The molecule has 0 radical (unpaired) electrons. The number of nitrogens with zero attached hydrogens (tertiary/aromatic N) is 4. The normalized spacial score (nSPS) is 11.0. The van der Waals surface area contributed by atoms with E-state index in [1.54, 1.807) is 0 Å².